The zero-order valence-corrected chi connectivity index (χ0v) is 16.0. The van der Waals surface area contributed by atoms with E-state index in [1.165, 1.54) is 4.57 Å². The highest BCUT2D eigenvalue weighted by atomic mass is 19.1. The van der Waals surface area contributed by atoms with Gasteiger partial charge in [-0.1, -0.05) is 42.0 Å². The summed E-state index contributed by atoms with van der Waals surface area (Å²) in [6.45, 7) is 1.56. The van der Waals surface area contributed by atoms with Crippen LogP contribution in [-0.2, 0) is 11.3 Å². The molecule has 1 aromatic heterocycles. The molecule has 0 saturated heterocycles. The van der Waals surface area contributed by atoms with Crippen molar-refractivity contribution >= 4 is 22.5 Å². The molecule has 1 amide bonds. The van der Waals surface area contributed by atoms with Crippen LogP contribution in [0.15, 0.2) is 71.5 Å². The van der Waals surface area contributed by atoms with Gasteiger partial charge >= 0.3 is 0 Å². The molecule has 3 aromatic carbocycles. The summed E-state index contributed by atoms with van der Waals surface area (Å²) in [4.78, 5) is 30.3. The summed E-state index contributed by atoms with van der Waals surface area (Å²) in [7, 11) is 0. The minimum atomic E-state index is -0.897. The van der Waals surface area contributed by atoms with E-state index in [-0.39, 0.29) is 17.8 Å². The van der Waals surface area contributed by atoms with Crippen LogP contribution in [0.25, 0.3) is 22.3 Å². The molecule has 0 aliphatic heterocycles. The van der Waals surface area contributed by atoms with E-state index in [0.29, 0.717) is 28.4 Å². The molecular weight excluding hydrogens is 388 g/mol. The molecule has 0 bridgehead atoms. The van der Waals surface area contributed by atoms with Crippen LogP contribution in [0.1, 0.15) is 5.56 Å². The highest BCUT2D eigenvalue weighted by molar-refractivity contribution is 5.91. The van der Waals surface area contributed by atoms with Crippen LogP contribution in [0.5, 0.6) is 0 Å². The van der Waals surface area contributed by atoms with Crippen LogP contribution in [-0.4, -0.2) is 15.5 Å². The van der Waals surface area contributed by atoms with Gasteiger partial charge in [0.2, 0.25) is 5.91 Å². The van der Waals surface area contributed by atoms with Crippen molar-refractivity contribution in [2.75, 3.05) is 5.32 Å². The molecule has 4 aromatic rings. The lowest BCUT2D eigenvalue weighted by Gasteiger charge is -2.14. The predicted octanol–water partition coefficient (Wildman–Crippen LogP) is 4.29. The van der Waals surface area contributed by atoms with Crippen molar-refractivity contribution in [2.24, 2.45) is 0 Å². The Hall–Kier alpha value is -3.87. The van der Waals surface area contributed by atoms with E-state index in [1.807, 2.05) is 31.2 Å². The molecule has 0 aliphatic rings. The van der Waals surface area contributed by atoms with E-state index in [2.05, 4.69) is 10.3 Å². The van der Waals surface area contributed by atoms with Crippen LogP contribution >= 0.6 is 0 Å². The molecule has 5 nitrogen and oxygen atoms in total. The number of halogens is 2. The Morgan fingerprint density at radius 1 is 1.03 bits per heavy atom. The van der Waals surface area contributed by atoms with E-state index in [4.69, 9.17) is 0 Å². The molecule has 1 heterocycles. The summed E-state index contributed by atoms with van der Waals surface area (Å²) in [6, 6.07) is 17.1. The molecule has 30 heavy (non-hydrogen) atoms. The molecule has 0 spiro atoms. The van der Waals surface area contributed by atoms with Gasteiger partial charge in [0.1, 0.15) is 24.0 Å². The Labute approximate surface area is 170 Å². The smallest absolute Gasteiger partial charge is 0.262 e. The molecule has 0 fully saturated rings. The van der Waals surface area contributed by atoms with Crippen molar-refractivity contribution in [1.82, 2.24) is 9.55 Å². The number of hydrogen-bond acceptors (Lipinski definition) is 3. The van der Waals surface area contributed by atoms with Gasteiger partial charge < -0.3 is 5.32 Å². The number of hydrogen-bond donors (Lipinski definition) is 1. The summed E-state index contributed by atoms with van der Waals surface area (Å²) >= 11 is 0. The molecule has 1 N–H and O–H groups in total. The van der Waals surface area contributed by atoms with Gasteiger partial charge in [-0.15, -0.1) is 0 Å². The van der Waals surface area contributed by atoms with Gasteiger partial charge in [0.05, 0.1) is 16.6 Å². The molecule has 0 saturated carbocycles. The number of carbonyl (C=O) groups excluding carboxylic acids is 1. The van der Waals surface area contributed by atoms with Crippen molar-refractivity contribution < 1.29 is 13.6 Å². The molecule has 0 aliphatic carbocycles. The molecule has 150 valence electrons. The standard InChI is InChI=1S/C23H17F2N3O2/c1-14-6-8-15(9-7-14)22-27-19-5-3-2-4-17(19)23(30)28(22)13-21(29)26-20-11-10-16(24)12-18(20)25/h2-12H,13H2,1H3,(H,26,29). The number of para-hydroxylation sites is 1. The number of benzene rings is 3. The highest BCUT2D eigenvalue weighted by Crippen LogP contribution is 2.20. The summed E-state index contributed by atoms with van der Waals surface area (Å²) in [5.41, 5.74) is 1.67. The number of amides is 1. The van der Waals surface area contributed by atoms with Crippen LogP contribution in [0.2, 0.25) is 0 Å². The Morgan fingerprint density at radius 2 is 1.77 bits per heavy atom. The maximum atomic E-state index is 13.9. The predicted molar refractivity (Wildman–Crippen MR) is 111 cm³/mol. The van der Waals surface area contributed by atoms with Crippen molar-refractivity contribution in [2.45, 2.75) is 13.5 Å². The first-order valence-corrected chi connectivity index (χ1v) is 9.24. The van der Waals surface area contributed by atoms with E-state index in [1.54, 1.807) is 24.3 Å². The van der Waals surface area contributed by atoms with Gasteiger partial charge in [-0.3, -0.25) is 14.2 Å². The van der Waals surface area contributed by atoms with Crippen molar-refractivity contribution in [1.29, 1.82) is 0 Å². The van der Waals surface area contributed by atoms with Crippen molar-refractivity contribution in [3.8, 4) is 11.4 Å². The number of carbonyl (C=O) groups is 1. The maximum Gasteiger partial charge on any atom is 0.262 e. The lowest BCUT2D eigenvalue weighted by molar-refractivity contribution is -0.116. The van der Waals surface area contributed by atoms with E-state index < -0.39 is 17.5 Å². The third kappa shape index (κ3) is 3.82. The summed E-state index contributed by atoms with van der Waals surface area (Å²) in [5.74, 6) is -1.95. The Bertz CT molecular complexity index is 1310. The van der Waals surface area contributed by atoms with E-state index in [0.717, 1.165) is 17.7 Å². The van der Waals surface area contributed by atoms with Gasteiger partial charge in [0, 0.05) is 11.6 Å². The average Bonchev–Trinajstić information content (AvgIpc) is 2.73. The first kappa shape index (κ1) is 19.4. The molecule has 0 unspecified atom stereocenters. The second-order valence-corrected chi connectivity index (χ2v) is 6.88. The zero-order valence-electron chi connectivity index (χ0n) is 16.0. The number of rotatable bonds is 4. The number of nitrogens with one attached hydrogen (secondary N) is 1. The number of aryl methyl sites for hydroxylation is 1. The van der Waals surface area contributed by atoms with Crippen molar-refractivity contribution in [3.05, 3.63) is 94.3 Å². The second-order valence-electron chi connectivity index (χ2n) is 6.88. The van der Waals surface area contributed by atoms with Crippen LogP contribution < -0.4 is 10.9 Å². The van der Waals surface area contributed by atoms with Gasteiger partial charge in [0.25, 0.3) is 5.56 Å². The lowest BCUT2D eigenvalue weighted by Crippen LogP contribution is -2.30. The minimum absolute atomic E-state index is 0.167. The van der Waals surface area contributed by atoms with Gasteiger partial charge in [-0.05, 0) is 31.2 Å². The summed E-state index contributed by atoms with van der Waals surface area (Å²) in [5, 5.41) is 2.75. The summed E-state index contributed by atoms with van der Waals surface area (Å²) < 4.78 is 28.2. The van der Waals surface area contributed by atoms with Crippen LogP contribution in [0.3, 0.4) is 0 Å². The average molecular weight is 405 g/mol. The molecular formula is C23H17F2N3O2. The summed E-state index contributed by atoms with van der Waals surface area (Å²) in [6.07, 6.45) is 0. The van der Waals surface area contributed by atoms with Gasteiger partial charge in [-0.2, -0.15) is 0 Å². The van der Waals surface area contributed by atoms with Crippen LogP contribution in [0, 0.1) is 18.6 Å². The zero-order chi connectivity index (χ0) is 21.3. The quantitative estimate of drug-likeness (QED) is 0.551. The van der Waals surface area contributed by atoms with Crippen molar-refractivity contribution in [3.63, 3.8) is 0 Å². The fourth-order valence-electron chi connectivity index (χ4n) is 3.16. The Kier molecular flexibility index (Phi) is 5.10. The van der Waals surface area contributed by atoms with Gasteiger partial charge in [-0.25, -0.2) is 13.8 Å². The molecule has 4 rings (SSSR count). The lowest BCUT2D eigenvalue weighted by atomic mass is 10.1. The number of nitrogens with zero attached hydrogens (tertiary/aromatic N) is 2. The number of fused-ring (bicyclic) bond motifs is 1. The highest BCUT2D eigenvalue weighted by Gasteiger charge is 2.16. The fraction of sp³-hybridized carbons (Fsp3) is 0.0870. The van der Waals surface area contributed by atoms with E-state index in [9.17, 15) is 18.4 Å². The molecule has 0 atom stereocenters. The minimum Gasteiger partial charge on any atom is -0.322 e. The first-order chi connectivity index (χ1) is 14.4. The third-order valence-electron chi connectivity index (χ3n) is 4.68. The monoisotopic (exact) mass is 405 g/mol. The second kappa shape index (κ2) is 7.87. The SMILES string of the molecule is Cc1ccc(-c2nc3ccccc3c(=O)n2CC(=O)Nc2ccc(F)cc2F)cc1. The van der Waals surface area contributed by atoms with E-state index >= 15 is 0 Å². The topological polar surface area (TPSA) is 64.0 Å². The Balaban J connectivity index is 1.77. The maximum absolute atomic E-state index is 13.9. The normalized spacial score (nSPS) is 10.9. The first-order valence-electron chi connectivity index (χ1n) is 9.24. The number of aromatic nitrogens is 2. The van der Waals surface area contributed by atoms with Crippen LogP contribution in [0.4, 0.5) is 14.5 Å². The van der Waals surface area contributed by atoms with Gasteiger partial charge in [0.15, 0.2) is 0 Å². The number of anilines is 1. The molecule has 0 radical (unpaired) electrons. The Morgan fingerprint density at radius 3 is 2.50 bits per heavy atom. The fourth-order valence-corrected chi connectivity index (χ4v) is 3.16. The third-order valence-corrected chi connectivity index (χ3v) is 4.68. The molecule has 7 heteroatoms. The largest absolute Gasteiger partial charge is 0.322 e.